The molecule has 1 atom stereocenters. The minimum atomic E-state index is -0.951. The Morgan fingerprint density at radius 3 is 2.68 bits per heavy atom. The molecule has 1 aliphatic rings. The number of carbonyl (C=O) groups is 1. The van der Waals surface area contributed by atoms with Gasteiger partial charge >= 0.3 is 0 Å². The van der Waals surface area contributed by atoms with E-state index in [1.807, 2.05) is 4.90 Å². The number of amides is 1. The summed E-state index contributed by atoms with van der Waals surface area (Å²) >= 11 is 0. The van der Waals surface area contributed by atoms with Gasteiger partial charge in [0.05, 0.1) is 0 Å². The van der Waals surface area contributed by atoms with Crippen molar-refractivity contribution in [3.05, 3.63) is 29.3 Å². The van der Waals surface area contributed by atoms with Crippen LogP contribution >= 0.6 is 0 Å². The molecule has 4 nitrogen and oxygen atoms in total. The molecule has 1 heterocycles. The van der Waals surface area contributed by atoms with E-state index in [2.05, 4.69) is 5.32 Å². The second-order valence-corrected chi connectivity index (χ2v) is 4.83. The van der Waals surface area contributed by atoms with Crippen LogP contribution in [-0.4, -0.2) is 35.0 Å². The van der Waals surface area contributed by atoms with Crippen LogP contribution < -0.4 is 5.32 Å². The van der Waals surface area contributed by atoms with Crippen molar-refractivity contribution in [2.75, 3.05) is 13.1 Å². The van der Waals surface area contributed by atoms with E-state index in [9.17, 15) is 13.6 Å². The number of nitrogens with one attached hydrogen (secondary N) is 1. The number of benzene rings is 1. The lowest BCUT2D eigenvalue weighted by Crippen LogP contribution is -2.35. The maximum Gasteiger partial charge on any atom is 0.217 e. The Morgan fingerprint density at radius 1 is 1.47 bits per heavy atom. The Hall–Kier alpha value is -1.69. The standard InChI is InChI=1S/C13H16F2N2O2/c1-8(18)16-10-2-3-17(7-10)6-9-4-11(14)13(19)12(15)5-9/h4-5,10,19H,2-3,6-7H2,1H3,(H,16,18). The van der Waals surface area contributed by atoms with Crippen LogP contribution in [-0.2, 0) is 11.3 Å². The summed E-state index contributed by atoms with van der Waals surface area (Å²) in [6, 6.07) is 2.35. The van der Waals surface area contributed by atoms with Gasteiger partial charge in [-0.1, -0.05) is 0 Å². The smallest absolute Gasteiger partial charge is 0.217 e. The van der Waals surface area contributed by atoms with Gasteiger partial charge in [-0.05, 0) is 24.1 Å². The van der Waals surface area contributed by atoms with Crippen LogP contribution in [0.5, 0.6) is 5.75 Å². The maximum atomic E-state index is 13.2. The molecule has 2 rings (SSSR count). The molecule has 0 bridgehead atoms. The van der Waals surface area contributed by atoms with Crippen LogP contribution in [0.4, 0.5) is 8.78 Å². The third-order valence-electron chi connectivity index (χ3n) is 3.16. The number of phenolic OH excluding ortho intramolecular Hbond substituents is 1. The van der Waals surface area contributed by atoms with E-state index in [0.29, 0.717) is 18.7 Å². The molecule has 1 unspecified atom stereocenters. The molecule has 1 fully saturated rings. The predicted molar refractivity (Wildman–Crippen MR) is 65.5 cm³/mol. The second kappa shape index (κ2) is 5.52. The molecular formula is C13H16F2N2O2. The Bertz CT molecular complexity index is 471. The minimum Gasteiger partial charge on any atom is -0.503 e. The lowest BCUT2D eigenvalue weighted by atomic mass is 10.2. The third-order valence-corrected chi connectivity index (χ3v) is 3.16. The van der Waals surface area contributed by atoms with E-state index in [-0.39, 0.29) is 11.9 Å². The van der Waals surface area contributed by atoms with Gasteiger partial charge < -0.3 is 10.4 Å². The molecule has 0 aromatic heterocycles. The topological polar surface area (TPSA) is 52.6 Å². The number of rotatable bonds is 3. The van der Waals surface area contributed by atoms with Crippen molar-refractivity contribution in [3.8, 4) is 5.75 Å². The number of hydrogen-bond acceptors (Lipinski definition) is 3. The number of likely N-dealkylation sites (tertiary alicyclic amines) is 1. The molecule has 104 valence electrons. The first kappa shape index (κ1) is 13.7. The van der Waals surface area contributed by atoms with E-state index in [0.717, 1.165) is 25.1 Å². The Balaban J connectivity index is 1.97. The third kappa shape index (κ3) is 3.41. The summed E-state index contributed by atoms with van der Waals surface area (Å²) < 4.78 is 26.4. The van der Waals surface area contributed by atoms with E-state index in [1.165, 1.54) is 6.92 Å². The van der Waals surface area contributed by atoms with Crippen molar-refractivity contribution in [1.29, 1.82) is 0 Å². The zero-order valence-corrected chi connectivity index (χ0v) is 10.6. The van der Waals surface area contributed by atoms with Gasteiger partial charge in [0.1, 0.15) is 0 Å². The summed E-state index contributed by atoms with van der Waals surface area (Å²) in [7, 11) is 0. The highest BCUT2D eigenvalue weighted by molar-refractivity contribution is 5.73. The normalized spacial score (nSPS) is 19.6. The number of nitrogens with zero attached hydrogens (tertiary/aromatic N) is 1. The largest absolute Gasteiger partial charge is 0.503 e. The monoisotopic (exact) mass is 270 g/mol. The summed E-state index contributed by atoms with van der Waals surface area (Å²) in [4.78, 5) is 12.9. The first-order valence-corrected chi connectivity index (χ1v) is 6.12. The number of halogens is 2. The fraction of sp³-hybridized carbons (Fsp3) is 0.462. The highest BCUT2D eigenvalue weighted by Gasteiger charge is 2.23. The van der Waals surface area contributed by atoms with E-state index < -0.39 is 17.4 Å². The quantitative estimate of drug-likeness (QED) is 0.872. The summed E-state index contributed by atoms with van der Waals surface area (Å²) in [5.41, 5.74) is 0.469. The van der Waals surface area contributed by atoms with E-state index >= 15 is 0 Å². The van der Waals surface area contributed by atoms with Crippen LogP contribution in [0.25, 0.3) is 0 Å². The van der Waals surface area contributed by atoms with E-state index in [1.54, 1.807) is 0 Å². The van der Waals surface area contributed by atoms with E-state index in [4.69, 9.17) is 5.11 Å². The molecule has 1 saturated heterocycles. The number of phenols is 1. The summed E-state index contributed by atoms with van der Waals surface area (Å²) in [5, 5.41) is 11.8. The summed E-state index contributed by atoms with van der Waals surface area (Å²) in [6.07, 6.45) is 0.822. The van der Waals surface area contributed by atoms with Crippen LogP contribution in [0, 0.1) is 11.6 Å². The van der Waals surface area contributed by atoms with Crippen molar-refractivity contribution in [1.82, 2.24) is 10.2 Å². The molecule has 1 aromatic rings. The Labute approximate surface area is 110 Å². The number of hydrogen-bond donors (Lipinski definition) is 2. The van der Waals surface area contributed by atoms with Gasteiger partial charge in [-0.3, -0.25) is 9.69 Å². The average Bonchev–Trinajstić information content (AvgIpc) is 2.72. The minimum absolute atomic E-state index is 0.0754. The zero-order valence-electron chi connectivity index (χ0n) is 10.6. The molecule has 1 amide bonds. The average molecular weight is 270 g/mol. The first-order chi connectivity index (χ1) is 8.95. The fourth-order valence-corrected chi connectivity index (χ4v) is 2.35. The van der Waals surface area contributed by atoms with Crippen molar-refractivity contribution in [3.63, 3.8) is 0 Å². The lowest BCUT2D eigenvalue weighted by molar-refractivity contribution is -0.119. The summed E-state index contributed by atoms with van der Waals surface area (Å²) in [5.74, 6) is -2.92. The number of carbonyl (C=O) groups excluding carboxylic acids is 1. The molecule has 2 N–H and O–H groups in total. The second-order valence-electron chi connectivity index (χ2n) is 4.83. The molecule has 19 heavy (non-hydrogen) atoms. The molecule has 0 spiro atoms. The van der Waals surface area contributed by atoms with Crippen molar-refractivity contribution in [2.45, 2.75) is 25.9 Å². The van der Waals surface area contributed by atoms with Gasteiger partial charge in [0.25, 0.3) is 0 Å². The molecule has 0 saturated carbocycles. The number of aromatic hydroxyl groups is 1. The van der Waals surface area contributed by atoms with Crippen LogP contribution in [0.1, 0.15) is 18.9 Å². The van der Waals surface area contributed by atoms with Crippen molar-refractivity contribution >= 4 is 5.91 Å². The highest BCUT2D eigenvalue weighted by Crippen LogP contribution is 2.23. The maximum absolute atomic E-state index is 13.2. The van der Waals surface area contributed by atoms with Crippen LogP contribution in [0.3, 0.4) is 0 Å². The Kier molecular flexibility index (Phi) is 3.99. The highest BCUT2D eigenvalue weighted by atomic mass is 19.1. The fourth-order valence-electron chi connectivity index (χ4n) is 2.35. The molecule has 0 radical (unpaired) electrons. The predicted octanol–water partition coefficient (Wildman–Crippen LogP) is 1.38. The van der Waals surface area contributed by atoms with Crippen LogP contribution in [0.15, 0.2) is 12.1 Å². The molecule has 1 aromatic carbocycles. The molecular weight excluding hydrogens is 254 g/mol. The molecule has 6 heteroatoms. The molecule has 0 aliphatic carbocycles. The van der Waals surface area contributed by atoms with Gasteiger partial charge in [-0.15, -0.1) is 0 Å². The SMILES string of the molecule is CC(=O)NC1CCN(Cc2cc(F)c(O)c(F)c2)C1. The van der Waals surface area contributed by atoms with Crippen LogP contribution in [0.2, 0.25) is 0 Å². The van der Waals surface area contributed by atoms with Gasteiger partial charge in [0, 0.05) is 32.6 Å². The molecule has 1 aliphatic heterocycles. The summed E-state index contributed by atoms with van der Waals surface area (Å²) in [6.45, 7) is 3.27. The van der Waals surface area contributed by atoms with Crippen molar-refractivity contribution in [2.24, 2.45) is 0 Å². The lowest BCUT2D eigenvalue weighted by Gasteiger charge is -2.16. The van der Waals surface area contributed by atoms with Gasteiger partial charge in [0.15, 0.2) is 17.4 Å². The van der Waals surface area contributed by atoms with Gasteiger partial charge in [-0.2, -0.15) is 0 Å². The first-order valence-electron chi connectivity index (χ1n) is 6.12. The zero-order chi connectivity index (χ0) is 14.0. The van der Waals surface area contributed by atoms with Gasteiger partial charge in [-0.25, -0.2) is 8.78 Å². The van der Waals surface area contributed by atoms with Gasteiger partial charge in [0.2, 0.25) is 5.91 Å². The Morgan fingerprint density at radius 2 is 2.11 bits per heavy atom. The van der Waals surface area contributed by atoms with Crippen molar-refractivity contribution < 1.29 is 18.7 Å².